The fourth-order valence-electron chi connectivity index (χ4n) is 2.90. The highest BCUT2D eigenvalue weighted by Gasteiger charge is 2.24. The van der Waals surface area contributed by atoms with Crippen LogP contribution in [0.4, 0.5) is 0 Å². The molecule has 1 fully saturated rings. The third-order valence-corrected chi connectivity index (χ3v) is 4.01. The summed E-state index contributed by atoms with van der Waals surface area (Å²) in [5, 5.41) is 9.17. The van der Waals surface area contributed by atoms with Gasteiger partial charge in [0.2, 0.25) is 0 Å². The summed E-state index contributed by atoms with van der Waals surface area (Å²) < 4.78 is 5.24. The van der Waals surface area contributed by atoms with E-state index in [-0.39, 0.29) is 5.92 Å². The van der Waals surface area contributed by atoms with Gasteiger partial charge in [-0.3, -0.25) is 0 Å². The molecule has 2 unspecified atom stereocenters. The van der Waals surface area contributed by atoms with Crippen LogP contribution in [-0.4, -0.2) is 7.11 Å². The lowest BCUT2D eigenvalue weighted by Gasteiger charge is -2.26. The Labute approximate surface area is 110 Å². The Bertz CT molecular complexity index is 421. The van der Waals surface area contributed by atoms with Gasteiger partial charge in [-0.15, -0.1) is 0 Å². The van der Waals surface area contributed by atoms with E-state index >= 15 is 0 Å². The van der Waals surface area contributed by atoms with Crippen LogP contribution in [-0.2, 0) is 6.42 Å². The van der Waals surface area contributed by atoms with Crippen LogP contribution >= 0.6 is 0 Å². The number of hydrogen-bond donors (Lipinski definition) is 0. The van der Waals surface area contributed by atoms with E-state index in [1.165, 1.54) is 24.8 Å². The molecule has 1 aliphatic carbocycles. The second kappa shape index (κ2) is 6.44. The largest absolute Gasteiger partial charge is 0.497 e. The molecule has 2 rings (SSSR count). The highest BCUT2D eigenvalue weighted by atomic mass is 16.5. The molecule has 0 radical (unpaired) electrons. The average molecular weight is 243 g/mol. The van der Waals surface area contributed by atoms with Crippen molar-refractivity contribution in [2.45, 2.75) is 38.5 Å². The van der Waals surface area contributed by atoms with Crippen LogP contribution in [0.1, 0.15) is 37.7 Å². The maximum atomic E-state index is 9.17. The molecule has 0 N–H and O–H groups in total. The number of aryl methyl sites for hydroxylation is 1. The third kappa shape index (κ3) is 3.26. The molecular formula is C16H21NO. The smallest absolute Gasteiger partial charge is 0.119 e. The molecule has 2 nitrogen and oxygen atoms in total. The molecule has 96 valence electrons. The molecule has 18 heavy (non-hydrogen) atoms. The molecule has 1 aromatic carbocycles. The molecule has 2 heteroatoms. The Morgan fingerprint density at radius 1 is 1.33 bits per heavy atom. The number of hydrogen-bond acceptors (Lipinski definition) is 2. The van der Waals surface area contributed by atoms with Gasteiger partial charge >= 0.3 is 0 Å². The van der Waals surface area contributed by atoms with E-state index in [1.54, 1.807) is 7.11 Å². The predicted octanol–water partition coefficient (Wildman–Crippen LogP) is 3.96. The predicted molar refractivity (Wildman–Crippen MR) is 72.4 cm³/mol. The average Bonchev–Trinajstić information content (AvgIpc) is 2.45. The summed E-state index contributed by atoms with van der Waals surface area (Å²) in [6.45, 7) is 0. The molecule has 0 bridgehead atoms. The van der Waals surface area contributed by atoms with E-state index in [0.717, 1.165) is 25.0 Å². The molecule has 2 atom stereocenters. The van der Waals surface area contributed by atoms with E-state index < -0.39 is 0 Å². The van der Waals surface area contributed by atoms with E-state index in [9.17, 15) is 5.26 Å². The maximum Gasteiger partial charge on any atom is 0.119 e. The van der Waals surface area contributed by atoms with Gasteiger partial charge in [-0.2, -0.15) is 5.26 Å². The van der Waals surface area contributed by atoms with Crippen molar-refractivity contribution in [3.05, 3.63) is 29.8 Å². The van der Waals surface area contributed by atoms with Crippen LogP contribution in [0.2, 0.25) is 0 Å². The van der Waals surface area contributed by atoms with Crippen molar-refractivity contribution in [1.29, 1.82) is 5.26 Å². The molecule has 1 aliphatic rings. The monoisotopic (exact) mass is 243 g/mol. The second-order valence-electron chi connectivity index (χ2n) is 5.17. The number of methoxy groups -OCH3 is 1. The number of nitrogens with zero attached hydrogens (tertiary/aromatic N) is 1. The van der Waals surface area contributed by atoms with Gasteiger partial charge in [0.15, 0.2) is 0 Å². The summed E-state index contributed by atoms with van der Waals surface area (Å²) in [7, 11) is 1.70. The number of nitriles is 1. The van der Waals surface area contributed by atoms with Crippen molar-refractivity contribution < 1.29 is 4.74 Å². The molecule has 0 spiro atoms. The zero-order valence-corrected chi connectivity index (χ0v) is 11.1. The van der Waals surface area contributed by atoms with Crippen molar-refractivity contribution >= 4 is 0 Å². The highest BCUT2D eigenvalue weighted by molar-refractivity contribution is 5.28. The third-order valence-electron chi connectivity index (χ3n) is 4.01. The van der Waals surface area contributed by atoms with Crippen LogP contribution in [0.15, 0.2) is 24.3 Å². The fraction of sp³-hybridized carbons (Fsp3) is 0.562. The lowest BCUT2D eigenvalue weighted by atomic mass is 9.77. The second-order valence-corrected chi connectivity index (χ2v) is 5.17. The number of benzene rings is 1. The number of rotatable bonds is 4. The Kier molecular flexibility index (Phi) is 4.64. The normalized spacial score (nSPS) is 23.3. The van der Waals surface area contributed by atoms with E-state index in [1.807, 2.05) is 12.1 Å². The quantitative estimate of drug-likeness (QED) is 0.802. The molecule has 0 saturated heterocycles. The van der Waals surface area contributed by atoms with Crippen LogP contribution in [0.3, 0.4) is 0 Å². The first-order valence-electron chi connectivity index (χ1n) is 6.86. The molecular weight excluding hydrogens is 222 g/mol. The SMILES string of the molecule is COc1cccc(CCC2CCCCC2C#N)c1. The topological polar surface area (TPSA) is 33.0 Å². The minimum absolute atomic E-state index is 0.282. The summed E-state index contributed by atoms with van der Waals surface area (Å²) in [5.41, 5.74) is 1.32. The van der Waals surface area contributed by atoms with Gasteiger partial charge in [0.05, 0.1) is 13.2 Å². The first-order chi connectivity index (χ1) is 8.83. The summed E-state index contributed by atoms with van der Waals surface area (Å²) in [6, 6.07) is 10.7. The van der Waals surface area contributed by atoms with Gasteiger partial charge in [-0.25, -0.2) is 0 Å². The standard InChI is InChI=1S/C16H21NO/c1-18-16-8-4-5-13(11-16)9-10-14-6-2-3-7-15(14)12-17/h4-5,8,11,14-15H,2-3,6-7,9-10H2,1H3. The zero-order chi connectivity index (χ0) is 12.8. The summed E-state index contributed by atoms with van der Waals surface area (Å²) in [4.78, 5) is 0. The van der Waals surface area contributed by atoms with Crippen molar-refractivity contribution in [3.63, 3.8) is 0 Å². The molecule has 0 heterocycles. The van der Waals surface area contributed by atoms with Gasteiger partial charge in [-0.1, -0.05) is 25.0 Å². The number of ether oxygens (including phenoxy) is 1. The van der Waals surface area contributed by atoms with Crippen LogP contribution in [0.25, 0.3) is 0 Å². The Morgan fingerprint density at radius 3 is 2.94 bits per heavy atom. The van der Waals surface area contributed by atoms with Crippen LogP contribution in [0.5, 0.6) is 5.75 Å². The van der Waals surface area contributed by atoms with Gasteiger partial charge in [-0.05, 0) is 49.3 Å². The van der Waals surface area contributed by atoms with Gasteiger partial charge in [0, 0.05) is 5.92 Å². The summed E-state index contributed by atoms with van der Waals surface area (Å²) in [6.07, 6.45) is 7.03. The summed E-state index contributed by atoms with van der Waals surface area (Å²) >= 11 is 0. The lowest BCUT2D eigenvalue weighted by molar-refractivity contribution is 0.275. The van der Waals surface area contributed by atoms with Crippen molar-refractivity contribution in [2.24, 2.45) is 11.8 Å². The lowest BCUT2D eigenvalue weighted by Crippen LogP contribution is -2.18. The van der Waals surface area contributed by atoms with Crippen LogP contribution in [0, 0.1) is 23.2 Å². The minimum atomic E-state index is 0.282. The van der Waals surface area contributed by atoms with Crippen molar-refractivity contribution in [1.82, 2.24) is 0 Å². The maximum absolute atomic E-state index is 9.17. The highest BCUT2D eigenvalue weighted by Crippen LogP contribution is 2.32. The van der Waals surface area contributed by atoms with Gasteiger partial charge in [0.1, 0.15) is 5.75 Å². The molecule has 1 saturated carbocycles. The van der Waals surface area contributed by atoms with E-state index in [2.05, 4.69) is 18.2 Å². The molecule has 0 amide bonds. The summed E-state index contributed by atoms with van der Waals surface area (Å²) in [5.74, 6) is 1.80. The molecule has 0 aliphatic heterocycles. The van der Waals surface area contributed by atoms with Crippen molar-refractivity contribution in [3.8, 4) is 11.8 Å². The fourth-order valence-corrected chi connectivity index (χ4v) is 2.90. The van der Waals surface area contributed by atoms with Gasteiger partial charge < -0.3 is 4.74 Å². The van der Waals surface area contributed by atoms with Crippen LogP contribution < -0.4 is 4.74 Å². The minimum Gasteiger partial charge on any atom is -0.497 e. The Balaban J connectivity index is 1.91. The van der Waals surface area contributed by atoms with Gasteiger partial charge in [0.25, 0.3) is 0 Å². The molecule has 1 aromatic rings. The first kappa shape index (κ1) is 13.0. The Morgan fingerprint density at radius 2 is 2.17 bits per heavy atom. The Hall–Kier alpha value is -1.49. The first-order valence-corrected chi connectivity index (χ1v) is 6.86. The van der Waals surface area contributed by atoms with Crippen molar-refractivity contribution in [2.75, 3.05) is 7.11 Å². The zero-order valence-electron chi connectivity index (χ0n) is 11.1. The molecule has 0 aromatic heterocycles. The van der Waals surface area contributed by atoms with E-state index in [4.69, 9.17) is 4.74 Å². The van der Waals surface area contributed by atoms with E-state index in [0.29, 0.717) is 5.92 Å².